The van der Waals surface area contributed by atoms with Crippen molar-refractivity contribution in [3.05, 3.63) is 40.1 Å². The van der Waals surface area contributed by atoms with E-state index in [0.29, 0.717) is 11.6 Å². The average Bonchev–Trinajstić information content (AvgIpc) is 2.75. The van der Waals surface area contributed by atoms with Crippen molar-refractivity contribution in [1.29, 1.82) is 0 Å². The van der Waals surface area contributed by atoms with E-state index in [4.69, 9.17) is 0 Å². The first-order valence-corrected chi connectivity index (χ1v) is 5.24. The van der Waals surface area contributed by atoms with E-state index >= 15 is 0 Å². The highest BCUT2D eigenvalue weighted by atomic mass is 16.2. The first-order valence-electron chi connectivity index (χ1n) is 5.24. The van der Waals surface area contributed by atoms with Crippen molar-refractivity contribution in [3.63, 3.8) is 0 Å². The minimum atomic E-state index is -0.348. The quantitative estimate of drug-likeness (QED) is 0.759. The van der Waals surface area contributed by atoms with E-state index in [1.165, 1.54) is 11.1 Å². The average molecular weight is 248 g/mol. The molecule has 0 unspecified atom stereocenters. The second-order valence-corrected chi connectivity index (χ2v) is 3.79. The van der Waals surface area contributed by atoms with Gasteiger partial charge in [0, 0.05) is 13.2 Å². The van der Waals surface area contributed by atoms with Gasteiger partial charge in [-0.15, -0.1) is 0 Å². The summed E-state index contributed by atoms with van der Waals surface area (Å²) in [5.74, 6) is 0.898. The Morgan fingerprint density at radius 2 is 2.28 bits per heavy atom. The van der Waals surface area contributed by atoms with E-state index in [1.54, 1.807) is 14.0 Å². The maximum absolute atomic E-state index is 11.9. The third-order valence-corrected chi connectivity index (χ3v) is 2.26. The van der Waals surface area contributed by atoms with Crippen LogP contribution in [-0.2, 0) is 6.54 Å². The van der Waals surface area contributed by atoms with Gasteiger partial charge in [-0.25, -0.2) is 9.97 Å². The molecule has 94 valence electrons. The molecule has 0 fully saturated rings. The van der Waals surface area contributed by atoms with E-state index in [2.05, 4.69) is 25.1 Å². The first kappa shape index (κ1) is 12.0. The lowest BCUT2D eigenvalue weighted by Gasteiger charge is -2.13. The summed E-state index contributed by atoms with van der Waals surface area (Å²) in [4.78, 5) is 34.5. The zero-order valence-electron chi connectivity index (χ0n) is 9.97. The summed E-state index contributed by atoms with van der Waals surface area (Å²) in [5, 5.41) is 6.64. The molecule has 0 spiro atoms. The summed E-state index contributed by atoms with van der Waals surface area (Å²) in [6, 6.07) is 0. The number of carbonyl (C=O) groups is 1. The number of hydrogen-bond acceptors (Lipinski definition) is 5. The molecule has 8 heteroatoms. The van der Waals surface area contributed by atoms with Crippen molar-refractivity contribution in [3.8, 4) is 0 Å². The summed E-state index contributed by atoms with van der Waals surface area (Å²) in [6.07, 6.45) is 2.35. The molecule has 1 amide bonds. The number of aryl methyl sites for hydroxylation is 1. The number of nitrogens with one attached hydrogen (secondary N) is 2. The van der Waals surface area contributed by atoms with Gasteiger partial charge >= 0.3 is 0 Å². The van der Waals surface area contributed by atoms with Gasteiger partial charge in [-0.3, -0.25) is 14.7 Å². The predicted molar refractivity (Wildman–Crippen MR) is 61.8 cm³/mol. The molecule has 2 aromatic heterocycles. The summed E-state index contributed by atoms with van der Waals surface area (Å²) >= 11 is 0. The molecule has 0 aliphatic heterocycles. The van der Waals surface area contributed by atoms with Crippen molar-refractivity contribution in [1.82, 2.24) is 30.0 Å². The number of carbonyl (C=O) groups excluding carboxylic acids is 1. The Bertz CT molecular complexity index is 596. The van der Waals surface area contributed by atoms with Gasteiger partial charge in [-0.2, -0.15) is 5.10 Å². The van der Waals surface area contributed by atoms with Crippen molar-refractivity contribution >= 4 is 5.91 Å². The number of aromatic amines is 2. The van der Waals surface area contributed by atoms with Crippen LogP contribution in [0.2, 0.25) is 0 Å². The highest BCUT2D eigenvalue weighted by molar-refractivity contribution is 5.91. The van der Waals surface area contributed by atoms with Gasteiger partial charge in [0.25, 0.3) is 11.5 Å². The van der Waals surface area contributed by atoms with Gasteiger partial charge in [0.1, 0.15) is 11.5 Å². The van der Waals surface area contributed by atoms with Crippen LogP contribution in [-0.4, -0.2) is 43.0 Å². The molecule has 8 nitrogen and oxygen atoms in total. The van der Waals surface area contributed by atoms with Gasteiger partial charge in [0.15, 0.2) is 5.82 Å². The number of nitrogens with zero attached hydrogens (tertiary/aromatic N) is 4. The lowest BCUT2D eigenvalue weighted by atomic mass is 10.4. The third-order valence-electron chi connectivity index (χ3n) is 2.26. The van der Waals surface area contributed by atoms with Gasteiger partial charge in [-0.05, 0) is 6.92 Å². The standard InChI is InChI=1S/C10H12N6O2/c1-6-13-8(15-14-6)5-16(2)10(18)7-3-12-9(17)4-11-7/h3-4H,5H2,1-2H3,(H,12,17)(H,13,14,15). The van der Waals surface area contributed by atoms with Gasteiger partial charge < -0.3 is 9.88 Å². The Balaban J connectivity index is 2.09. The summed E-state index contributed by atoms with van der Waals surface area (Å²) in [7, 11) is 1.61. The molecule has 0 aromatic carbocycles. The van der Waals surface area contributed by atoms with E-state index in [-0.39, 0.29) is 23.7 Å². The number of hydrogen-bond donors (Lipinski definition) is 2. The van der Waals surface area contributed by atoms with Crippen LogP contribution in [0, 0.1) is 6.92 Å². The topological polar surface area (TPSA) is 108 Å². The molecule has 0 bridgehead atoms. The summed E-state index contributed by atoms with van der Waals surface area (Å²) in [5.41, 5.74) is -0.178. The zero-order chi connectivity index (χ0) is 13.1. The SMILES string of the molecule is Cc1nc(CN(C)C(=O)c2c[nH]c(=O)cn2)n[nH]1. The number of rotatable bonds is 3. The van der Waals surface area contributed by atoms with Crippen LogP contribution in [0.3, 0.4) is 0 Å². The number of H-pyrrole nitrogens is 2. The van der Waals surface area contributed by atoms with Crippen LogP contribution < -0.4 is 5.56 Å². The minimum absolute atomic E-state index is 0.171. The Morgan fingerprint density at radius 1 is 1.50 bits per heavy atom. The molecular weight excluding hydrogens is 236 g/mol. The van der Waals surface area contributed by atoms with Crippen molar-refractivity contribution in [2.75, 3.05) is 7.05 Å². The number of amides is 1. The van der Waals surface area contributed by atoms with E-state index in [9.17, 15) is 9.59 Å². The highest BCUT2D eigenvalue weighted by Gasteiger charge is 2.15. The maximum atomic E-state index is 11.9. The van der Waals surface area contributed by atoms with Gasteiger partial charge in [0.2, 0.25) is 0 Å². The van der Waals surface area contributed by atoms with E-state index in [1.807, 2.05) is 0 Å². The normalized spacial score (nSPS) is 10.3. The maximum Gasteiger partial charge on any atom is 0.274 e. The molecule has 0 atom stereocenters. The summed E-state index contributed by atoms with van der Waals surface area (Å²) < 4.78 is 0. The second-order valence-electron chi connectivity index (χ2n) is 3.79. The van der Waals surface area contributed by atoms with Crippen LogP contribution in [0.5, 0.6) is 0 Å². The smallest absolute Gasteiger partial charge is 0.274 e. The Morgan fingerprint density at radius 3 is 2.83 bits per heavy atom. The predicted octanol–water partition coefficient (Wildman–Crippen LogP) is -0.531. The molecule has 2 N–H and O–H groups in total. The molecule has 2 heterocycles. The van der Waals surface area contributed by atoms with Crippen LogP contribution in [0.1, 0.15) is 22.1 Å². The van der Waals surface area contributed by atoms with E-state index in [0.717, 1.165) is 6.20 Å². The van der Waals surface area contributed by atoms with Crippen molar-refractivity contribution < 1.29 is 4.79 Å². The Labute approximate surface area is 102 Å². The third kappa shape index (κ3) is 2.59. The molecule has 0 aliphatic carbocycles. The van der Waals surface area contributed by atoms with E-state index < -0.39 is 0 Å². The lowest BCUT2D eigenvalue weighted by Crippen LogP contribution is -2.28. The molecule has 0 aliphatic rings. The zero-order valence-corrected chi connectivity index (χ0v) is 9.97. The Hall–Kier alpha value is -2.51. The molecule has 18 heavy (non-hydrogen) atoms. The highest BCUT2D eigenvalue weighted by Crippen LogP contribution is 2.01. The fraction of sp³-hybridized carbons (Fsp3) is 0.300. The van der Waals surface area contributed by atoms with Crippen molar-refractivity contribution in [2.24, 2.45) is 0 Å². The molecule has 0 saturated heterocycles. The fourth-order valence-electron chi connectivity index (χ4n) is 1.40. The lowest BCUT2D eigenvalue weighted by molar-refractivity contribution is 0.0775. The van der Waals surface area contributed by atoms with Crippen LogP contribution >= 0.6 is 0 Å². The first-order chi connectivity index (χ1) is 8.56. The molecule has 2 rings (SSSR count). The molecule has 0 radical (unpaired) electrons. The van der Waals surface area contributed by atoms with Crippen LogP contribution in [0.25, 0.3) is 0 Å². The summed E-state index contributed by atoms with van der Waals surface area (Å²) in [6.45, 7) is 2.05. The van der Waals surface area contributed by atoms with Crippen LogP contribution in [0.15, 0.2) is 17.2 Å². The monoisotopic (exact) mass is 248 g/mol. The molecule has 2 aromatic rings. The minimum Gasteiger partial charge on any atom is -0.333 e. The molecular formula is C10H12N6O2. The van der Waals surface area contributed by atoms with Gasteiger partial charge in [-0.1, -0.05) is 0 Å². The van der Waals surface area contributed by atoms with Gasteiger partial charge in [0.05, 0.1) is 12.7 Å². The number of aromatic nitrogens is 5. The van der Waals surface area contributed by atoms with Crippen LogP contribution in [0.4, 0.5) is 0 Å². The molecule has 0 saturated carbocycles. The Kier molecular flexibility index (Phi) is 3.18. The van der Waals surface area contributed by atoms with Crippen molar-refractivity contribution in [2.45, 2.75) is 13.5 Å². The largest absolute Gasteiger partial charge is 0.333 e. The second kappa shape index (κ2) is 4.78. The fourth-order valence-corrected chi connectivity index (χ4v) is 1.40.